The van der Waals surface area contributed by atoms with Crippen molar-refractivity contribution in [2.75, 3.05) is 25.6 Å². The highest BCUT2D eigenvalue weighted by Gasteiger charge is 2.25. The summed E-state index contributed by atoms with van der Waals surface area (Å²) in [7, 11) is -1.98. The largest absolute Gasteiger partial charge is 0.504 e. The number of sulfonamides is 1. The van der Waals surface area contributed by atoms with Gasteiger partial charge in [-0.2, -0.15) is 9.41 Å². The van der Waals surface area contributed by atoms with Crippen LogP contribution in [0.25, 0.3) is 11.3 Å². The van der Waals surface area contributed by atoms with Crippen molar-refractivity contribution >= 4 is 32.7 Å². The number of benzene rings is 2. The van der Waals surface area contributed by atoms with Crippen LogP contribution in [0.15, 0.2) is 57.8 Å². The molecule has 4 rings (SSSR count). The second kappa shape index (κ2) is 10.3. The number of methoxy groups -OCH3 is 1. The van der Waals surface area contributed by atoms with Gasteiger partial charge in [0.15, 0.2) is 11.5 Å². The molecule has 0 aliphatic carbocycles. The van der Waals surface area contributed by atoms with Gasteiger partial charge in [0, 0.05) is 24.0 Å². The fourth-order valence-electron chi connectivity index (χ4n) is 3.62. The van der Waals surface area contributed by atoms with E-state index in [0.29, 0.717) is 28.9 Å². The average molecular weight is 487 g/mol. The van der Waals surface area contributed by atoms with E-state index < -0.39 is 10.0 Å². The molecule has 2 aromatic carbocycles. The van der Waals surface area contributed by atoms with E-state index in [4.69, 9.17) is 4.74 Å². The van der Waals surface area contributed by atoms with Gasteiger partial charge in [0.05, 0.1) is 23.9 Å². The van der Waals surface area contributed by atoms with E-state index in [2.05, 4.69) is 15.5 Å². The van der Waals surface area contributed by atoms with E-state index in [1.807, 2.05) is 5.38 Å². The molecule has 0 atom stereocenters. The molecule has 0 bridgehead atoms. The van der Waals surface area contributed by atoms with Gasteiger partial charge in [0.2, 0.25) is 15.2 Å². The van der Waals surface area contributed by atoms with Gasteiger partial charge in [0.1, 0.15) is 0 Å². The summed E-state index contributed by atoms with van der Waals surface area (Å²) in [5.74, 6) is 0.439. The Bertz CT molecular complexity index is 1220. The number of thiazole rings is 1. The number of aromatic hydroxyl groups is 1. The average Bonchev–Trinajstić information content (AvgIpc) is 3.11. The molecule has 0 spiro atoms. The smallest absolute Gasteiger partial charge is 0.243 e. The quantitative estimate of drug-likeness (QED) is 0.375. The van der Waals surface area contributed by atoms with Crippen LogP contribution in [0.1, 0.15) is 31.2 Å². The van der Waals surface area contributed by atoms with Crippen LogP contribution in [0.3, 0.4) is 0 Å². The van der Waals surface area contributed by atoms with E-state index in [1.165, 1.54) is 18.4 Å². The second-order valence-corrected chi connectivity index (χ2v) is 10.5. The van der Waals surface area contributed by atoms with Crippen LogP contribution >= 0.6 is 11.3 Å². The van der Waals surface area contributed by atoms with E-state index in [9.17, 15) is 13.5 Å². The molecule has 2 heterocycles. The zero-order valence-corrected chi connectivity index (χ0v) is 19.9. The molecule has 1 aliphatic rings. The molecule has 1 aromatic heterocycles. The fourth-order valence-corrected chi connectivity index (χ4v) is 5.81. The SMILES string of the molecule is COc1cc(/C=N/Nc2nc(-c3ccc(S(=O)(=O)N4CCCCCC4)cc3)cs2)ccc1O. The van der Waals surface area contributed by atoms with Crippen molar-refractivity contribution in [3.63, 3.8) is 0 Å². The predicted octanol–water partition coefficient (Wildman–Crippen LogP) is 4.54. The van der Waals surface area contributed by atoms with E-state index in [-0.39, 0.29) is 5.75 Å². The molecular weight excluding hydrogens is 460 g/mol. The van der Waals surface area contributed by atoms with Gasteiger partial charge in [-0.05, 0) is 48.7 Å². The highest BCUT2D eigenvalue weighted by Crippen LogP contribution is 2.28. The third-order valence-corrected chi connectivity index (χ3v) is 8.09. The molecule has 2 N–H and O–H groups in total. The number of ether oxygens (including phenoxy) is 1. The number of aromatic nitrogens is 1. The molecular formula is C23H26N4O4S2. The molecule has 0 radical (unpaired) electrons. The molecule has 0 saturated carbocycles. The van der Waals surface area contributed by atoms with Crippen molar-refractivity contribution in [1.29, 1.82) is 0 Å². The Hall–Kier alpha value is -2.95. The molecule has 10 heteroatoms. The van der Waals surface area contributed by atoms with Crippen LogP contribution in [0.2, 0.25) is 0 Å². The Balaban J connectivity index is 1.42. The van der Waals surface area contributed by atoms with Gasteiger partial charge >= 0.3 is 0 Å². The number of nitrogens with one attached hydrogen (secondary N) is 1. The monoisotopic (exact) mass is 486 g/mol. The number of nitrogens with zero attached hydrogens (tertiary/aromatic N) is 3. The Morgan fingerprint density at radius 2 is 1.85 bits per heavy atom. The lowest BCUT2D eigenvalue weighted by Gasteiger charge is -2.19. The lowest BCUT2D eigenvalue weighted by molar-refractivity contribution is 0.373. The predicted molar refractivity (Wildman–Crippen MR) is 131 cm³/mol. The molecule has 1 fully saturated rings. The zero-order chi connectivity index (χ0) is 23.3. The van der Waals surface area contributed by atoms with E-state index in [0.717, 1.165) is 42.5 Å². The molecule has 8 nitrogen and oxygen atoms in total. The van der Waals surface area contributed by atoms with Crippen LogP contribution in [-0.4, -0.2) is 49.2 Å². The minimum Gasteiger partial charge on any atom is -0.504 e. The Kier molecular flexibility index (Phi) is 7.26. The number of hydrogen-bond acceptors (Lipinski definition) is 8. The topological polar surface area (TPSA) is 104 Å². The summed E-state index contributed by atoms with van der Waals surface area (Å²) in [6, 6.07) is 11.8. The fraction of sp³-hybridized carbons (Fsp3) is 0.304. The number of hydrazone groups is 1. The van der Waals surface area contributed by atoms with Gasteiger partial charge in [-0.25, -0.2) is 13.4 Å². The van der Waals surface area contributed by atoms with Gasteiger partial charge in [-0.15, -0.1) is 11.3 Å². The van der Waals surface area contributed by atoms with Gasteiger partial charge < -0.3 is 9.84 Å². The number of anilines is 1. The summed E-state index contributed by atoms with van der Waals surface area (Å²) in [5, 5.41) is 16.3. The molecule has 0 amide bonds. The van der Waals surface area contributed by atoms with Crippen molar-refractivity contribution in [2.45, 2.75) is 30.6 Å². The first-order valence-electron chi connectivity index (χ1n) is 10.7. The highest BCUT2D eigenvalue weighted by atomic mass is 32.2. The number of phenols is 1. The maximum Gasteiger partial charge on any atom is 0.243 e. The van der Waals surface area contributed by atoms with Crippen LogP contribution in [-0.2, 0) is 10.0 Å². The van der Waals surface area contributed by atoms with Gasteiger partial charge in [-0.1, -0.05) is 25.0 Å². The minimum absolute atomic E-state index is 0.0671. The third-order valence-electron chi connectivity index (χ3n) is 5.43. The number of hydrogen-bond donors (Lipinski definition) is 2. The Labute approximate surface area is 197 Å². The molecule has 0 unspecified atom stereocenters. The van der Waals surface area contributed by atoms with Crippen LogP contribution in [0.5, 0.6) is 11.5 Å². The van der Waals surface area contributed by atoms with Gasteiger partial charge in [0.25, 0.3) is 0 Å². The van der Waals surface area contributed by atoms with Crippen molar-refractivity contribution in [3.8, 4) is 22.8 Å². The lowest BCUT2D eigenvalue weighted by atomic mass is 10.2. The van der Waals surface area contributed by atoms with E-state index in [1.54, 1.807) is 53.0 Å². The first kappa shape index (κ1) is 23.2. The maximum absolute atomic E-state index is 13.0. The van der Waals surface area contributed by atoms with Crippen molar-refractivity contribution < 1.29 is 18.3 Å². The summed E-state index contributed by atoms with van der Waals surface area (Å²) in [6.45, 7) is 1.17. The summed E-state index contributed by atoms with van der Waals surface area (Å²) in [5.41, 5.74) is 5.22. The first-order chi connectivity index (χ1) is 16.0. The highest BCUT2D eigenvalue weighted by molar-refractivity contribution is 7.89. The Morgan fingerprint density at radius 3 is 2.55 bits per heavy atom. The van der Waals surface area contributed by atoms with Crippen LogP contribution in [0, 0.1) is 0 Å². The first-order valence-corrected chi connectivity index (χ1v) is 13.0. The normalized spacial score (nSPS) is 15.4. The van der Waals surface area contributed by atoms with Crippen molar-refractivity contribution in [3.05, 3.63) is 53.4 Å². The summed E-state index contributed by atoms with van der Waals surface area (Å²) < 4.78 is 32.6. The van der Waals surface area contributed by atoms with Crippen LogP contribution < -0.4 is 10.2 Å². The van der Waals surface area contributed by atoms with Crippen molar-refractivity contribution in [1.82, 2.24) is 9.29 Å². The Morgan fingerprint density at radius 1 is 1.12 bits per heavy atom. The second-order valence-electron chi connectivity index (χ2n) is 7.68. The number of rotatable bonds is 7. The standard InChI is InChI=1S/C23H26N4O4S2/c1-31-22-14-17(6-11-21(22)28)15-24-26-23-25-20(16-32-23)18-7-9-19(10-8-18)33(29,30)27-12-4-2-3-5-13-27/h6-11,14-16,28H,2-5,12-13H2,1H3,(H,25,26)/b24-15+. The zero-order valence-electron chi connectivity index (χ0n) is 18.3. The number of phenolic OH excluding ortho intramolecular Hbond substituents is 1. The summed E-state index contributed by atoms with van der Waals surface area (Å²) >= 11 is 1.40. The minimum atomic E-state index is -3.47. The third kappa shape index (κ3) is 5.52. The molecule has 174 valence electrons. The maximum atomic E-state index is 13.0. The molecule has 33 heavy (non-hydrogen) atoms. The molecule has 3 aromatic rings. The summed E-state index contributed by atoms with van der Waals surface area (Å²) in [4.78, 5) is 4.84. The van der Waals surface area contributed by atoms with Gasteiger partial charge in [-0.3, -0.25) is 5.43 Å². The molecule has 1 aliphatic heterocycles. The summed E-state index contributed by atoms with van der Waals surface area (Å²) in [6.07, 6.45) is 5.59. The molecule has 1 saturated heterocycles. The van der Waals surface area contributed by atoms with Crippen LogP contribution in [0.4, 0.5) is 5.13 Å². The van der Waals surface area contributed by atoms with Crippen molar-refractivity contribution in [2.24, 2.45) is 5.10 Å². The van der Waals surface area contributed by atoms with E-state index >= 15 is 0 Å². The lowest BCUT2D eigenvalue weighted by Crippen LogP contribution is -2.31.